The van der Waals surface area contributed by atoms with Gasteiger partial charge in [0.2, 0.25) is 0 Å². The second kappa shape index (κ2) is 7.05. The summed E-state index contributed by atoms with van der Waals surface area (Å²) < 4.78 is 7.29. The van der Waals surface area contributed by atoms with Crippen molar-refractivity contribution < 1.29 is 4.74 Å². The molecule has 1 heterocycles. The second-order valence-electron chi connectivity index (χ2n) is 5.97. The third kappa shape index (κ3) is 3.44. The average molecular weight is 287 g/mol. The Bertz CT molecular complexity index is 572. The van der Waals surface area contributed by atoms with Gasteiger partial charge in [0.1, 0.15) is 0 Å². The average Bonchev–Trinajstić information content (AvgIpc) is 3.13. The van der Waals surface area contributed by atoms with Gasteiger partial charge in [0.15, 0.2) is 0 Å². The molecule has 114 valence electrons. The van der Waals surface area contributed by atoms with Crippen molar-refractivity contribution in [2.75, 3.05) is 20.3 Å². The maximum Gasteiger partial charge on any atom is 0.0841 e. The van der Waals surface area contributed by atoms with Crippen LogP contribution in [-0.2, 0) is 17.8 Å². The molecular weight excluding hydrogens is 262 g/mol. The van der Waals surface area contributed by atoms with Crippen LogP contribution in [0.3, 0.4) is 0 Å². The summed E-state index contributed by atoms with van der Waals surface area (Å²) in [5, 5.41) is 9.54. The molecule has 4 nitrogen and oxygen atoms in total. The third-order valence-corrected chi connectivity index (χ3v) is 4.42. The molecule has 2 aromatic rings. The lowest BCUT2D eigenvalue weighted by Gasteiger charge is -2.09. The lowest BCUT2D eigenvalue weighted by atomic mass is 10.1. The van der Waals surface area contributed by atoms with Gasteiger partial charge in [-0.25, -0.2) is 0 Å². The summed E-state index contributed by atoms with van der Waals surface area (Å²) in [4.78, 5) is 0. The van der Waals surface area contributed by atoms with Crippen LogP contribution < -0.4 is 5.32 Å². The molecule has 1 aromatic heterocycles. The van der Waals surface area contributed by atoms with Gasteiger partial charge in [-0.3, -0.25) is 4.68 Å². The SMILES string of the molecule is COCCNCc1nn(CC2CCCC2)c2ccccc12. The number of para-hydroxylation sites is 1. The quantitative estimate of drug-likeness (QED) is 0.796. The van der Waals surface area contributed by atoms with E-state index in [2.05, 4.69) is 34.3 Å². The molecule has 1 aliphatic carbocycles. The predicted octanol–water partition coefficient (Wildman–Crippen LogP) is 2.96. The molecule has 1 aromatic carbocycles. The summed E-state index contributed by atoms with van der Waals surface area (Å²) >= 11 is 0. The van der Waals surface area contributed by atoms with Gasteiger partial charge in [0, 0.05) is 32.1 Å². The molecule has 0 aliphatic heterocycles. The van der Waals surface area contributed by atoms with E-state index in [0.717, 1.165) is 37.9 Å². The number of fused-ring (bicyclic) bond motifs is 1. The fourth-order valence-electron chi connectivity index (χ4n) is 3.28. The number of rotatable bonds is 7. The van der Waals surface area contributed by atoms with Crippen molar-refractivity contribution in [2.24, 2.45) is 5.92 Å². The first kappa shape index (κ1) is 14.5. The number of hydrogen-bond donors (Lipinski definition) is 1. The first-order chi connectivity index (χ1) is 10.4. The second-order valence-corrected chi connectivity index (χ2v) is 5.97. The van der Waals surface area contributed by atoms with Crippen molar-refractivity contribution in [3.8, 4) is 0 Å². The summed E-state index contributed by atoms with van der Waals surface area (Å²) in [5.74, 6) is 0.808. The molecule has 0 radical (unpaired) electrons. The third-order valence-electron chi connectivity index (χ3n) is 4.42. The minimum absolute atomic E-state index is 0.737. The summed E-state index contributed by atoms with van der Waals surface area (Å²) in [6.07, 6.45) is 5.48. The molecule has 0 atom stereocenters. The van der Waals surface area contributed by atoms with Gasteiger partial charge in [-0.1, -0.05) is 31.0 Å². The highest BCUT2D eigenvalue weighted by Gasteiger charge is 2.18. The molecule has 0 saturated heterocycles. The molecule has 0 amide bonds. The zero-order valence-electron chi connectivity index (χ0n) is 12.8. The molecular formula is C17H25N3O. The molecule has 4 heteroatoms. The molecule has 0 bridgehead atoms. The van der Waals surface area contributed by atoms with E-state index in [0.29, 0.717) is 0 Å². The molecule has 21 heavy (non-hydrogen) atoms. The smallest absolute Gasteiger partial charge is 0.0841 e. The van der Waals surface area contributed by atoms with E-state index in [1.165, 1.54) is 36.6 Å². The van der Waals surface area contributed by atoms with Crippen LogP contribution in [0.1, 0.15) is 31.4 Å². The molecule has 1 aliphatic rings. The Hall–Kier alpha value is -1.39. The van der Waals surface area contributed by atoms with Crippen LogP contribution in [0.5, 0.6) is 0 Å². The Balaban J connectivity index is 1.76. The van der Waals surface area contributed by atoms with Crippen molar-refractivity contribution in [3.05, 3.63) is 30.0 Å². The Morgan fingerprint density at radius 3 is 2.90 bits per heavy atom. The summed E-state index contributed by atoms with van der Waals surface area (Å²) in [6.45, 7) is 3.47. The maximum absolute atomic E-state index is 5.07. The van der Waals surface area contributed by atoms with Gasteiger partial charge in [0.05, 0.1) is 17.8 Å². The van der Waals surface area contributed by atoms with Crippen LogP contribution in [0.25, 0.3) is 10.9 Å². The maximum atomic E-state index is 5.07. The fourth-order valence-corrected chi connectivity index (χ4v) is 3.28. The van der Waals surface area contributed by atoms with Gasteiger partial charge in [-0.15, -0.1) is 0 Å². The van der Waals surface area contributed by atoms with E-state index < -0.39 is 0 Å². The highest BCUT2D eigenvalue weighted by atomic mass is 16.5. The number of methoxy groups -OCH3 is 1. The summed E-state index contributed by atoms with van der Waals surface area (Å²) in [6, 6.07) is 8.58. The monoisotopic (exact) mass is 287 g/mol. The van der Waals surface area contributed by atoms with E-state index >= 15 is 0 Å². The van der Waals surface area contributed by atoms with E-state index in [-0.39, 0.29) is 0 Å². The molecule has 1 saturated carbocycles. The van der Waals surface area contributed by atoms with Crippen LogP contribution in [0, 0.1) is 5.92 Å². The Labute approximate surface area is 126 Å². The Kier molecular flexibility index (Phi) is 4.88. The predicted molar refractivity (Wildman–Crippen MR) is 85.3 cm³/mol. The Morgan fingerprint density at radius 2 is 2.10 bits per heavy atom. The van der Waals surface area contributed by atoms with E-state index in [1.807, 2.05) is 0 Å². The van der Waals surface area contributed by atoms with Crippen LogP contribution in [0.15, 0.2) is 24.3 Å². The van der Waals surface area contributed by atoms with Crippen LogP contribution >= 0.6 is 0 Å². The largest absolute Gasteiger partial charge is 0.383 e. The van der Waals surface area contributed by atoms with Crippen LogP contribution in [-0.4, -0.2) is 30.0 Å². The number of benzene rings is 1. The number of nitrogens with zero attached hydrogens (tertiary/aromatic N) is 2. The summed E-state index contributed by atoms with van der Waals surface area (Å²) in [7, 11) is 1.73. The van der Waals surface area contributed by atoms with Crippen molar-refractivity contribution in [2.45, 2.75) is 38.8 Å². The Morgan fingerprint density at radius 1 is 1.29 bits per heavy atom. The van der Waals surface area contributed by atoms with Crippen LogP contribution in [0.2, 0.25) is 0 Å². The summed E-state index contributed by atoms with van der Waals surface area (Å²) in [5.41, 5.74) is 2.42. The number of hydrogen-bond acceptors (Lipinski definition) is 3. The number of ether oxygens (including phenoxy) is 1. The fraction of sp³-hybridized carbons (Fsp3) is 0.588. The highest BCUT2D eigenvalue weighted by molar-refractivity contribution is 5.81. The van der Waals surface area contributed by atoms with Crippen molar-refractivity contribution in [3.63, 3.8) is 0 Å². The molecule has 0 spiro atoms. The number of nitrogens with one attached hydrogen (secondary N) is 1. The van der Waals surface area contributed by atoms with Crippen molar-refractivity contribution >= 4 is 10.9 Å². The first-order valence-electron chi connectivity index (χ1n) is 8.02. The van der Waals surface area contributed by atoms with E-state index in [9.17, 15) is 0 Å². The van der Waals surface area contributed by atoms with E-state index in [1.54, 1.807) is 7.11 Å². The zero-order valence-corrected chi connectivity index (χ0v) is 12.8. The molecule has 0 unspecified atom stereocenters. The lowest BCUT2D eigenvalue weighted by Crippen LogP contribution is -2.19. The van der Waals surface area contributed by atoms with Crippen LogP contribution in [0.4, 0.5) is 0 Å². The first-order valence-corrected chi connectivity index (χ1v) is 8.02. The number of aromatic nitrogens is 2. The minimum Gasteiger partial charge on any atom is -0.383 e. The topological polar surface area (TPSA) is 39.1 Å². The zero-order chi connectivity index (χ0) is 14.5. The molecule has 1 N–H and O–H groups in total. The van der Waals surface area contributed by atoms with Crippen molar-refractivity contribution in [1.29, 1.82) is 0 Å². The van der Waals surface area contributed by atoms with Gasteiger partial charge in [-0.05, 0) is 24.8 Å². The lowest BCUT2D eigenvalue weighted by molar-refractivity contribution is 0.199. The highest BCUT2D eigenvalue weighted by Crippen LogP contribution is 2.28. The van der Waals surface area contributed by atoms with Crippen molar-refractivity contribution in [1.82, 2.24) is 15.1 Å². The van der Waals surface area contributed by atoms with Gasteiger partial charge in [-0.2, -0.15) is 5.10 Å². The van der Waals surface area contributed by atoms with Gasteiger partial charge >= 0.3 is 0 Å². The molecule has 1 fully saturated rings. The molecule has 3 rings (SSSR count). The normalized spacial score (nSPS) is 16.0. The van der Waals surface area contributed by atoms with Gasteiger partial charge < -0.3 is 10.1 Å². The minimum atomic E-state index is 0.737. The van der Waals surface area contributed by atoms with E-state index in [4.69, 9.17) is 9.84 Å². The van der Waals surface area contributed by atoms with Gasteiger partial charge in [0.25, 0.3) is 0 Å². The standard InChI is InChI=1S/C17H25N3O/c1-21-11-10-18-12-16-15-8-4-5-9-17(15)20(19-16)13-14-6-2-3-7-14/h4-5,8-9,14,18H,2-3,6-7,10-13H2,1H3.